The third-order valence-electron chi connectivity index (χ3n) is 3.61. The highest BCUT2D eigenvalue weighted by molar-refractivity contribution is 7.86. The molecule has 0 radical (unpaired) electrons. The predicted octanol–water partition coefficient (Wildman–Crippen LogP) is 2.04. The number of anilines is 1. The lowest BCUT2D eigenvalue weighted by Crippen LogP contribution is -2.48. The van der Waals surface area contributed by atoms with Crippen molar-refractivity contribution in [3.8, 4) is 5.75 Å². The van der Waals surface area contributed by atoms with E-state index in [0.717, 1.165) is 12.1 Å². The molecule has 1 rings (SSSR count). The van der Waals surface area contributed by atoms with Gasteiger partial charge in [-0.2, -0.15) is 8.42 Å². The van der Waals surface area contributed by atoms with Gasteiger partial charge in [-0.1, -0.05) is 11.6 Å². The third kappa shape index (κ3) is 8.99. The number of nitrogens with one attached hydrogen (secondary N) is 3. The van der Waals surface area contributed by atoms with Crippen LogP contribution in [0.5, 0.6) is 5.75 Å². The number of phenols is 1. The molecular formula is C18H26ClN3O8S. The molecule has 0 bridgehead atoms. The molecule has 0 unspecified atom stereocenters. The van der Waals surface area contributed by atoms with E-state index in [4.69, 9.17) is 20.9 Å². The molecule has 1 atom stereocenters. The second kappa shape index (κ2) is 10.6. The summed E-state index contributed by atoms with van der Waals surface area (Å²) in [6, 6.07) is 0.823. The number of rotatable bonds is 8. The van der Waals surface area contributed by atoms with Gasteiger partial charge >= 0.3 is 6.09 Å². The van der Waals surface area contributed by atoms with Crippen molar-refractivity contribution in [2.45, 2.75) is 57.1 Å². The number of amides is 3. The lowest BCUT2D eigenvalue weighted by Gasteiger charge is -2.23. The predicted molar refractivity (Wildman–Crippen MR) is 113 cm³/mol. The summed E-state index contributed by atoms with van der Waals surface area (Å²) in [5, 5.41) is 17.0. The highest BCUT2D eigenvalue weighted by atomic mass is 35.5. The van der Waals surface area contributed by atoms with Gasteiger partial charge in [-0.15, -0.1) is 0 Å². The van der Waals surface area contributed by atoms with E-state index in [2.05, 4.69) is 16.0 Å². The summed E-state index contributed by atoms with van der Waals surface area (Å²) in [5.41, 5.74) is -1.14. The minimum Gasteiger partial charge on any atom is -0.504 e. The van der Waals surface area contributed by atoms with E-state index < -0.39 is 50.3 Å². The fourth-order valence-corrected chi connectivity index (χ4v) is 3.28. The maximum absolute atomic E-state index is 12.3. The lowest BCUT2D eigenvalue weighted by molar-refractivity contribution is -0.123. The summed E-state index contributed by atoms with van der Waals surface area (Å²) >= 11 is 5.77. The van der Waals surface area contributed by atoms with Crippen LogP contribution < -0.4 is 16.0 Å². The minimum absolute atomic E-state index is 0.122. The van der Waals surface area contributed by atoms with Crippen LogP contribution in [0.1, 0.15) is 40.5 Å². The number of benzene rings is 1. The highest BCUT2D eigenvalue weighted by Gasteiger charge is 2.25. The maximum Gasteiger partial charge on any atom is 0.408 e. The number of carbonyl (C=O) groups excluding carboxylic acids is 3. The molecule has 0 aliphatic heterocycles. The van der Waals surface area contributed by atoms with Gasteiger partial charge in [0.1, 0.15) is 16.5 Å². The Labute approximate surface area is 185 Å². The zero-order valence-electron chi connectivity index (χ0n) is 17.5. The Balaban J connectivity index is 2.90. The molecule has 5 N–H and O–H groups in total. The van der Waals surface area contributed by atoms with Gasteiger partial charge in [0.2, 0.25) is 11.8 Å². The number of carbonyl (C=O) groups is 3. The number of aromatic hydroxyl groups is 1. The zero-order valence-corrected chi connectivity index (χ0v) is 19.1. The Hall–Kier alpha value is -2.57. The molecule has 0 saturated heterocycles. The van der Waals surface area contributed by atoms with Gasteiger partial charge in [-0.05, 0) is 46.2 Å². The highest BCUT2D eigenvalue weighted by Crippen LogP contribution is 2.34. The molecule has 1 aromatic rings. The van der Waals surface area contributed by atoms with Gasteiger partial charge in [0.05, 0.1) is 5.69 Å². The number of halogens is 1. The molecule has 11 nitrogen and oxygen atoms in total. The molecule has 0 heterocycles. The van der Waals surface area contributed by atoms with Crippen LogP contribution >= 0.6 is 11.6 Å². The van der Waals surface area contributed by atoms with Crippen molar-refractivity contribution in [3.63, 3.8) is 0 Å². The van der Waals surface area contributed by atoms with E-state index in [9.17, 15) is 27.9 Å². The van der Waals surface area contributed by atoms with E-state index in [1.807, 2.05) is 0 Å². The Morgan fingerprint density at radius 1 is 1.23 bits per heavy atom. The molecule has 174 valence electrons. The van der Waals surface area contributed by atoms with Crippen LogP contribution in [0.4, 0.5) is 10.5 Å². The standard InChI is InChI=1S/C18H26ClN3O8S/c1-5-20-16(25)11(22-17(26)30-18(2,3)4)6-7-14(23)21-12-8-10(19)9-13(15(12)24)31(27,28)29/h8-9,11,24H,5-7H2,1-4H3,(H,20,25)(H,21,23)(H,22,26)(H,27,28,29)/t11-/m0/s1. The fourth-order valence-electron chi connectivity index (χ4n) is 2.37. The Kier molecular flexibility index (Phi) is 9.09. The van der Waals surface area contributed by atoms with E-state index >= 15 is 0 Å². The Morgan fingerprint density at radius 2 is 1.84 bits per heavy atom. The van der Waals surface area contributed by atoms with Crippen LogP contribution in [-0.2, 0) is 24.4 Å². The smallest absolute Gasteiger partial charge is 0.408 e. The average Bonchev–Trinajstić information content (AvgIpc) is 2.59. The molecule has 3 amide bonds. The van der Waals surface area contributed by atoms with Crippen molar-refractivity contribution in [1.29, 1.82) is 0 Å². The van der Waals surface area contributed by atoms with Crippen molar-refractivity contribution < 1.29 is 37.2 Å². The van der Waals surface area contributed by atoms with E-state index in [1.165, 1.54) is 0 Å². The summed E-state index contributed by atoms with van der Waals surface area (Å²) in [7, 11) is -4.79. The number of ether oxygens (including phenoxy) is 1. The van der Waals surface area contributed by atoms with Crippen molar-refractivity contribution in [2.75, 3.05) is 11.9 Å². The number of hydrogen-bond donors (Lipinski definition) is 5. The van der Waals surface area contributed by atoms with E-state index in [1.54, 1.807) is 27.7 Å². The summed E-state index contributed by atoms with van der Waals surface area (Å²) in [6.07, 6.45) is -1.25. The largest absolute Gasteiger partial charge is 0.504 e. The average molecular weight is 480 g/mol. The van der Waals surface area contributed by atoms with Gasteiger partial charge in [0, 0.05) is 18.0 Å². The first-order valence-electron chi connectivity index (χ1n) is 9.21. The number of hydrogen-bond acceptors (Lipinski definition) is 7. The Bertz CT molecular complexity index is 944. The molecule has 0 aliphatic carbocycles. The molecule has 0 aromatic heterocycles. The lowest BCUT2D eigenvalue weighted by atomic mass is 10.1. The first-order chi connectivity index (χ1) is 14.1. The van der Waals surface area contributed by atoms with Crippen molar-refractivity contribution >= 4 is 45.3 Å². The molecule has 0 saturated carbocycles. The second-order valence-corrected chi connectivity index (χ2v) is 9.28. The maximum atomic E-state index is 12.3. The van der Waals surface area contributed by atoms with Crippen LogP contribution in [-0.4, -0.2) is 54.2 Å². The summed E-state index contributed by atoms with van der Waals surface area (Å²) < 4.78 is 36.9. The van der Waals surface area contributed by atoms with Gasteiger partial charge < -0.3 is 25.8 Å². The number of alkyl carbamates (subject to hydrolysis) is 1. The van der Waals surface area contributed by atoms with Crippen LogP contribution in [0, 0.1) is 0 Å². The molecule has 13 heteroatoms. The van der Waals surface area contributed by atoms with Gasteiger partial charge in [-0.25, -0.2) is 4.79 Å². The quantitative estimate of drug-likeness (QED) is 0.278. The van der Waals surface area contributed by atoms with Crippen LogP contribution in [0.2, 0.25) is 5.02 Å². The molecule has 0 spiro atoms. The second-order valence-electron chi connectivity index (χ2n) is 7.46. The first kappa shape index (κ1) is 26.5. The van der Waals surface area contributed by atoms with Crippen molar-refractivity contribution in [1.82, 2.24) is 10.6 Å². The molecule has 1 aromatic carbocycles. The normalized spacial score (nSPS) is 12.6. The van der Waals surface area contributed by atoms with E-state index in [-0.39, 0.29) is 23.6 Å². The third-order valence-corrected chi connectivity index (χ3v) is 4.70. The monoisotopic (exact) mass is 479 g/mol. The van der Waals surface area contributed by atoms with Gasteiger partial charge in [0.25, 0.3) is 10.1 Å². The summed E-state index contributed by atoms with van der Waals surface area (Å²) in [4.78, 5) is 35.6. The number of phenolic OH excluding ortho intramolecular Hbond substituents is 1. The fraction of sp³-hybridized carbons (Fsp3) is 0.500. The molecule has 0 fully saturated rings. The molecular weight excluding hydrogens is 454 g/mol. The summed E-state index contributed by atoms with van der Waals surface area (Å²) in [6.45, 7) is 6.94. The van der Waals surface area contributed by atoms with Crippen molar-refractivity contribution in [3.05, 3.63) is 17.2 Å². The number of likely N-dealkylation sites (N-methyl/N-ethyl adjacent to an activating group) is 1. The Morgan fingerprint density at radius 3 is 2.35 bits per heavy atom. The van der Waals surface area contributed by atoms with Crippen molar-refractivity contribution in [2.24, 2.45) is 0 Å². The summed E-state index contributed by atoms with van der Waals surface area (Å²) in [5.74, 6) is -2.13. The topological polar surface area (TPSA) is 171 Å². The molecule has 0 aliphatic rings. The van der Waals surface area contributed by atoms with Gasteiger partial charge in [0.15, 0.2) is 5.75 Å². The van der Waals surface area contributed by atoms with E-state index in [0.29, 0.717) is 6.54 Å². The van der Waals surface area contributed by atoms with Crippen LogP contribution in [0.15, 0.2) is 17.0 Å². The zero-order chi connectivity index (χ0) is 24.0. The van der Waals surface area contributed by atoms with Gasteiger partial charge in [-0.3, -0.25) is 14.1 Å². The SMILES string of the molecule is CCNC(=O)[C@H](CCC(=O)Nc1cc(Cl)cc(S(=O)(=O)O)c1O)NC(=O)OC(C)(C)C. The molecule has 31 heavy (non-hydrogen) atoms. The van der Waals surface area contributed by atoms with Crippen LogP contribution in [0.25, 0.3) is 0 Å². The first-order valence-corrected chi connectivity index (χ1v) is 11.0. The van der Waals surface area contributed by atoms with Crippen LogP contribution in [0.3, 0.4) is 0 Å². The minimum atomic E-state index is -4.79.